The van der Waals surface area contributed by atoms with E-state index in [1.807, 2.05) is 0 Å². The molecule has 3 aliphatic carbocycles. The van der Waals surface area contributed by atoms with E-state index in [-0.39, 0.29) is 16.2 Å². The first-order valence-electron chi connectivity index (χ1n) is 12.8. The SMILES string of the molecule is CC1=CC(C)(C)Cc2cc(C3(c4ccc5c(c4)CC(C)(C)C=C5C)CCCCC3)ccc21. The summed E-state index contributed by atoms with van der Waals surface area (Å²) < 4.78 is 0. The number of hydrogen-bond donors (Lipinski definition) is 0. The van der Waals surface area contributed by atoms with Crippen LogP contribution in [0.1, 0.15) is 107 Å². The van der Waals surface area contributed by atoms with Crippen LogP contribution in [-0.2, 0) is 18.3 Å². The van der Waals surface area contributed by atoms with Gasteiger partial charge in [-0.15, -0.1) is 0 Å². The Balaban J connectivity index is 1.63. The van der Waals surface area contributed by atoms with Crippen molar-refractivity contribution in [1.82, 2.24) is 0 Å². The highest BCUT2D eigenvalue weighted by Crippen LogP contribution is 2.48. The van der Waals surface area contributed by atoms with Crippen LogP contribution < -0.4 is 0 Å². The molecule has 0 N–H and O–H groups in total. The van der Waals surface area contributed by atoms with E-state index < -0.39 is 0 Å². The molecule has 0 radical (unpaired) electrons. The summed E-state index contributed by atoms with van der Waals surface area (Å²) in [4.78, 5) is 0. The number of rotatable bonds is 2. The zero-order valence-electron chi connectivity index (χ0n) is 21.1. The van der Waals surface area contributed by atoms with Gasteiger partial charge in [0.05, 0.1) is 0 Å². The third-order valence-corrected chi connectivity index (χ3v) is 8.38. The van der Waals surface area contributed by atoms with E-state index in [4.69, 9.17) is 0 Å². The predicted octanol–water partition coefficient (Wildman–Crippen LogP) is 8.91. The Kier molecular flexibility index (Phi) is 5.08. The number of fused-ring (bicyclic) bond motifs is 2. The molecule has 0 amide bonds. The van der Waals surface area contributed by atoms with Gasteiger partial charge in [0.25, 0.3) is 0 Å². The molecule has 1 saturated carbocycles. The van der Waals surface area contributed by atoms with Crippen LogP contribution in [0.4, 0.5) is 0 Å². The van der Waals surface area contributed by atoms with Gasteiger partial charge in [-0.05, 0) is 94.9 Å². The minimum atomic E-state index is 0.167. The topological polar surface area (TPSA) is 0 Å². The van der Waals surface area contributed by atoms with E-state index in [2.05, 4.69) is 90.1 Å². The molecule has 0 unspecified atom stereocenters. The number of benzene rings is 2. The van der Waals surface area contributed by atoms with Crippen molar-refractivity contribution < 1.29 is 0 Å². The first kappa shape index (κ1) is 21.7. The van der Waals surface area contributed by atoms with Crippen LogP contribution in [-0.4, -0.2) is 0 Å². The van der Waals surface area contributed by atoms with Crippen molar-refractivity contribution >= 4 is 11.1 Å². The molecule has 32 heavy (non-hydrogen) atoms. The predicted molar refractivity (Wildman–Crippen MR) is 139 cm³/mol. The van der Waals surface area contributed by atoms with Crippen LogP contribution in [0.3, 0.4) is 0 Å². The normalized spacial score (nSPS) is 22.9. The second kappa shape index (κ2) is 7.47. The Morgan fingerprint density at radius 3 is 1.47 bits per heavy atom. The lowest BCUT2D eigenvalue weighted by Gasteiger charge is -2.41. The molecule has 2 aromatic rings. The van der Waals surface area contributed by atoms with Gasteiger partial charge in [-0.25, -0.2) is 0 Å². The monoisotopic (exact) mass is 424 g/mol. The minimum Gasteiger partial charge on any atom is -0.0750 e. The molecular formula is C32H40. The molecule has 0 aromatic heterocycles. The largest absolute Gasteiger partial charge is 0.0750 e. The third kappa shape index (κ3) is 3.70. The highest BCUT2D eigenvalue weighted by molar-refractivity contribution is 5.72. The molecule has 0 saturated heterocycles. The van der Waals surface area contributed by atoms with Gasteiger partial charge in [-0.1, -0.05) is 95.5 Å². The van der Waals surface area contributed by atoms with Crippen LogP contribution in [0.2, 0.25) is 0 Å². The Morgan fingerprint density at radius 2 is 1.03 bits per heavy atom. The lowest BCUT2D eigenvalue weighted by molar-refractivity contribution is 0.345. The van der Waals surface area contributed by atoms with E-state index in [0.717, 1.165) is 12.8 Å². The molecule has 0 spiro atoms. The molecule has 1 fully saturated rings. The second-order valence-electron chi connectivity index (χ2n) is 12.4. The van der Waals surface area contributed by atoms with E-state index >= 15 is 0 Å². The lowest BCUT2D eigenvalue weighted by atomic mass is 9.63. The summed E-state index contributed by atoms with van der Waals surface area (Å²) in [6.07, 6.45) is 13.8. The Hall–Kier alpha value is -2.08. The van der Waals surface area contributed by atoms with Crippen LogP contribution in [0.25, 0.3) is 11.1 Å². The fourth-order valence-corrected chi connectivity index (χ4v) is 7.16. The number of allylic oxidation sites excluding steroid dienone is 4. The molecule has 0 heterocycles. The van der Waals surface area contributed by atoms with Gasteiger partial charge in [0.15, 0.2) is 0 Å². The van der Waals surface area contributed by atoms with Gasteiger partial charge in [0.1, 0.15) is 0 Å². The van der Waals surface area contributed by atoms with Crippen LogP contribution in [0.5, 0.6) is 0 Å². The molecule has 3 aliphatic rings. The fraction of sp³-hybridized carbons (Fsp3) is 0.500. The highest BCUT2D eigenvalue weighted by Gasteiger charge is 2.38. The zero-order valence-corrected chi connectivity index (χ0v) is 21.1. The molecule has 0 bridgehead atoms. The van der Waals surface area contributed by atoms with Gasteiger partial charge in [0.2, 0.25) is 0 Å². The Bertz CT molecular complexity index is 1030. The first-order chi connectivity index (χ1) is 15.1. The van der Waals surface area contributed by atoms with Gasteiger partial charge < -0.3 is 0 Å². The van der Waals surface area contributed by atoms with Crippen LogP contribution in [0, 0.1) is 10.8 Å². The molecular weight excluding hydrogens is 384 g/mol. The molecule has 5 rings (SSSR count). The Labute approximate surface area is 195 Å². The van der Waals surface area contributed by atoms with Gasteiger partial charge in [-0.3, -0.25) is 0 Å². The van der Waals surface area contributed by atoms with Gasteiger partial charge >= 0.3 is 0 Å². The molecule has 0 aliphatic heterocycles. The van der Waals surface area contributed by atoms with Crippen LogP contribution >= 0.6 is 0 Å². The summed E-state index contributed by atoms with van der Waals surface area (Å²) in [7, 11) is 0. The van der Waals surface area contributed by atoms with E-state index in [1.54, 1.807) is 22.3 Å². The van der Waals surface area contributed by atoms with E-state index in [0.29, 0.717) is 0 Å². The summed E-state index contributed by atoms with van der Waals surface area (Å²) in [6.45, 7) is 14.1. The smallest absolute Gasteiger partial charge is 0.0203 e. The lowest BCUT2D eigenvalue weighted by Crippen LogP contribution is -2.31. The quantitative estimate of drug-likeness (QED) is 0.451. The maximum atomic E-state index is 2.59. The van der Waals surface area contributed by atoms with Crippen LogP contribution in [0.15, 0.2) is 48.6 Å². The minimum absolute atomic E-state index is 0.167. The van der Waals surface area contributed by atoms with Gasteiger partial charge in [-0.2, -0.15) is 0 Å². The van der Waals surface area contributed by atoms with Crippen molar-refractivity contribution in [1.29, 1.82) is 0 Å². The molecule has 0 heteroatoms. The van der Waals surface area contributed by atoms with Gasteiger partial charge in [0, 0.05) is 5.41 Å². The maximum absolute atomic E-state index is 2.59. The fourth-order valence-electron chi connectivity index (χ4n) is 7.16. The molecule has 0 atom stereocenters. The maximum Gasteiger partial charge on any atom is 0.0203 e. The summed E-state index contributed by atoms with van der Waals surface area (Å²) in [5, 5.41) is 0. The van der Waals surface area contributed by atoms with Crippen molar-refractivity contribution in [2.24, 2.45) is 10.8 Å². The summed E-state index contributed by atoms with van der Waals surface area (Å²) >= 11 is 0. The Morgan fingerprint density at radius 1 is 0.594 bits per heavy atom. The highest BCUT2D eigenvalue weighted by atomic mass is 14.4. The third-order valence-electron chi connectivity index (χ3n) is 8.38. The molecule has 168 valence electrons. The van der Waals surface area contributed by atoms with Crippen molar-refractivity contribution in [3.05, 3.63) is 81.9 Å². The van der Waals surface area contributed by atoms with Crippen molar-refractivity contribution in [3.8, 4) is 0 Å². The summed E-state index contributed by atoms with van der Waals surface area (Å²) in [5.41, 5.74) is 12.7. The summed E-state index contributed by atoms with van der Waals surface area (Å²) in [6, 6.07) is 15.0. The van der Waals surface area contributed by atoms with Crippen molar-refractivity contribution in [2.45, 2.75) is 91.9 Å². The second-order valence-corrected chi connectivity index (χ2v) is 12.4. The molecule has 0 nitrogen and oxygen atoms in total. The standard InChI is InChI=1S/C32H40/c1-22-18-30(3,4)20-24-16-26(10-12-28(22)24)32(14-8-7-9-15-32)27-11-13-29-23(2)19-31(5,6)21-25(29)17-27/h10-13,16-19H,7-9,14-15,20-21H2,1-6H3. The molecule has 2 aromatic carbocycles. The average Bonchev–Trinajstić information content (AvgIpc) is 2.71. The van der Waals surface area contributed by atoms with E-state index in [1.165, 1.54) is 54.4 Å². The zero-order chi connectivity index (χ0) is 22.7. The van der Waals surface area contributed by atoms with E-state index in [9.17, 15) is 0 Å². The summed E-state index contributed by atoms with van der Waals surface area (Å²) in [5.74, 6) is 0. The average molecular weight is 425 g/mol. The number of hydrogen-bond acceptors (Lipinski definition) is 0. The first-order valence-corrected chi connectivity index (χ1v) is 12.8. The van der Waals surface area contributed by atoms with Crippen molar-refractivity contribution in [2.75, 3.05) is 0 Å². The van der Waals surface area contributed by atoms with Crippen molar-refractivity contribution in [3.63, 3.8) is 0 Å².